The standard InChI is InChI=1S/C26H26FN3O2/c1-18-7-8-22(16-24(18)27)25(31)28-12-13-29-26(32)30-14-11-20-9-10-21(15-23(20)17-30)19-5-3-2-4-6-19/h2-10,15-16H,11-14,17H2,1H3,(H,28,31)(H,29,32). The van der Waals surface area contributed by atoms with Gasteiger partial charge in [-0.2, -0.15) is 0 Å². The summed E-state index contributed by atoms with van der Waals surface area (Å²) in [5, 5.41) is 5.56. The fourth-order valence-corrected chi connectivity index (χ4v) is 3.83. The van der Waals surface area contributed by atoms with Crippen molar-refractivity contribution in [3.8, 4) is 11.1 Å². The first kappa shape index (κ1) is 21.6. The highest BCUT2D eigenvalue weighted by atomic mass is 19.1. The van der Waals surface area contributed by atoms with Gasteiger partial charge in [0.15, 0.2) is 0 Å². The van der Waals surface area contributed by atoms with Crippen LogP contribution < -0.4 is 10.6 Å². The second kappa shape index (κ2) is 9.64. The topological polar surface area (TPSA) is 61.4 Å². The molecule has 5 nitrogen and oxygen atoms in total. The van der Waals surface area contributed by atoms with Gasteiger partial charge in [0.2, 0.25) is 0 Å². The minimum atomic E-state index is -0.410. The second-order valence-corrected chi connectivity index (χ2v) is 7.97. The van der Waals surface area contributed by atoms with Crippen molar-refractivity contribution in [2.75, 3.05) is 19.6 Å². The molecule has 0 aliphatic carbocycles. The average Bonchev–Trinajstić information content (AvgIpc) is 2.83. The highest BCUT2D eigenvalue weighted by Crippen LogP contribution is 2.26. The Labute approximate surface area is 187 Å². The molecular weight excluding hydrogens is 405 g/mol. The van der Waals surface area contributed by atoms with Crippen molar-refractivity contribution in [2.24, 2.45) is 0 Å². The summed E-state index contributed by atoms with van der Waals surface area (Å²) in [5.74, 6) is -0.773. The molecule has 1 aliphatic heterocycles. The quantitative estimate of drug-likeness (QED) is 0.592. The fourth-order valence-electron chi connectivity index (χ4n) is 3.83. The molecule has 0 atom stereocenters. The second-order valence-electron chi connectivity index (χ2n) is 7.97. The summed E-state index contributed by atoms with van der Waals surface area (Å²) in [6, 6.07) is 20.8. The third-order valence-corrected chi connectivity index (χ3v) is 5.73. The van der Waals surface area contributed by atoms with Crippen molar-refractivity contribution in [1.82, 2.24) is 15.5 Å². The number of fused-ring (bicyclic) bond motifs is 1. The first-order valence-corrected chi connectivity index (χ1v) is 10.8. The van der Waals surface area contributed by atoms with Crippen LogP contribution in [0.4, 0.5) is 9.18 Å². The highest BCUT2D eigenvalue weighted by molar-refractivity contribution is 5.94. The van der Waals surface area contributed by atoms with Crippen LogP contribution in [0.1, 0.15) is 27.0 Å². The number of nitrogens with zero attached hydrogens (tertiary/aromatic N) is 1. The van der Waals surface area contributed by atoms with Gasteiger partial charge in [0.25, 0.3) is 5.91 Å². The Bertz CT molecular complexity index is 1130. The zero-order valence-corrected chi connectivity index (χ0v) is 18.0. The Balaban J connectivity index is 1.28. The van der Waals surface area contributed by atoms with Crippen LogP contribution in [0.5, 0.6) is 0 Å². The number of hydrogen-bond donors (Lipinski definition) is 2. The minimum absolute atomic E-state index is 0.156. The maximum atomic E-state index is 13.6. The molecule has 32 heavy (non-hydrogen) atoms. The largest absolute Gasteiger partial charge is 0.350 e. The van der Waals surface area contributed by atoms with E-state index in [2.05, 4.69) is 41.0 Å². The Morgan fingerprint density at radius 3 is 2.47 bits per heavy atom. The van der Waals surface area contributed by atoms with E-state index in [9.17, 15) is 14.0 Å². The van der Waals surface area contributed by atoms with Crippen LogP contribution in [-0.4, -0.2) is 36.5 Å². The number of nitrogens with one attached hydrogen (secondary N) is 2. The summed E-state index contributed by atoms with van der Waals surface area (Å²) < 4.78 is 13.6. The molecule has 164 valence electrons. The summed E-state index contributed by atoms with van der Waals surface area (Å²) in [4.78, 5) is 26.5. The molecule has 0 aromatic heterocycles. The molecule has 4 rings (SSSR count). The van der Waals surface area contributed by atoms with Gasteiger partial charge in [-0.25, -0.2) is 9.18 Å². The fraction of sp³-hybridized carbons (Fsp3) is 0.231. The molecule has 0 radical (unpaired) electrons. The van der Waals surface area contributed by atoms with Crippen molar-refractivity contribution >= 4 is 11.9 Å². The van der Waals surface area contributed by atoms with Crippen LogP contribution in [0.15, 0.2) is 66.7 Å². The van der Waals surface area contributed by atoms with Gasteiger partial charge in [-0.1, -0.05) is 48.5 Å². The summed E-state index contributed by atoms with van der Waals surface area (Å²) in [5.41, 5.74) is 5.48. The smallest absolute Gasteiger partial charge is 0.317 e. The molecule has 1 heterocycles. The van der Waals surface area contributed by atoms with Gasteiger partial charge < -0.3 is 15.5 Å². The number of aryl methyl sites for hydroxylation is 1. The van der Waals surface area contributed by atoms with Crippen LogP contribution in [0.25, 0.3) is 11.1 Å². The van der Waals surface area contributed by atoms with Gasteiger partial charge in [-0.15, -0.1) is 0 Å². The van der Waals surface area contributed by atoms with Gasteiger partial charge in [0.1, 0.15) is 5.82 Å². The van der Waals surface area contributed by atoms with E-state index in [1.54, 1.807) is 24.0 Å². The summed E-state index contributed by atoms with van der Waals surface area (Å²) in [6.45, 7) is 3.42. The first-order chi connectivity index (χ1) is 15.5. The number of rotatable bonds is 5. The monoisotopic (exact) mass is 431 g/mol. The maximum Gasteiger partial charge on any atom is 0.317 e. The molecule has 0 unspecified atom stereocenters. The van der Waals surface area contributed by atoms with Gasteiger partial charge in [0, 0.05) is 31.7 Å². The van der Waals surface area contributed by atoms with Gasteiger partial charge in [-0.3, -0.25) is 4.79 Å². The maximum absolute atomic E-state index is 13.6. The number of hydrogen-bond acceptors (Lipinski definition) is 2. The van der Waals surface area contributed by atoms with E-state index in [1.807, 2.05) is 18.2 Å². The third-order valence-electron chi connectivity index (χ3n) is 5.73. The predicted octanol–water partition coefficient (Wildman–Crippen LogP) is 4.30. The van der Waals surface area contributed by atoms with Crippen molar-refractivity contribution in [3.05, 3.63) is 94.8 Å². The van der Waals surface area contributed by atoms with Crippen LogP contribution in [0, 0.1) is 12.7 Å². The van der Waals surface area contributed by atoms with Crippen LogP contribution in [0.3, 0.4) is 0 Å². The number of halogens is 1. The number of urea groups is 1. The van der Waals surface area contributed by atoms with Crippen molar-refractivity contribution in [1.29, 1.82) is 0 Å². The van der Waals surface area contributed by atoms with E-state index >= 15 is 0 Å². The van der Waals surface area contributed by atoms with Crippen LogP contribution in [0.2, 0.25) is 0 Å². The summed E-state index contributed by atoms with van der Waals surface area (Å²) >= 11 is 0. The molecule has 1 aliphatic rings. The van der Waals surface area contributed by atoms with E-state index in [4.69, 9.17) is 0 Å². The number of benzene rings is 3. The Morgan fingerprint density at radius 2 is 1.69 bits per heavy atom. The average molecular weight is 432 g/mol. The third kappa shape index (κ3) is 4.97. The normalized spacial score (nSPS) is 12.8. The lowest BCUT2D eigenvalue weighted by atomic mass is 9.95. The predicted molar refractivity (Wildman–Crippen MR) is 123 cm³/mol. The molecule has 3 amide bonds. The summed E-state index contributed by atoms with van der Waals surface area (Å²) in [6.07, 6.45) is 0.813. The van der Waals surface area contributed by atoms with Crippen LogP contribution >= 0.6 is 0 Å². The van der Waals surface area contributed by atoms with Crippen molar-refractivity contribution in [2.45, 2.75) is 19.9 Å². The lowest BCUT2D eigenvalue weighted by Gasteiger charge is -2.29. The number of carbonyl (C=O) groups excluding carboxylic acids is 2. The van der Waals surface area contributed by atoms with E-state index < -0.39 is 5.82 Å². The van der Waals surface area contributed by atoms with E-state index in [0.29, 0.717) is 25.2 Å². The van der Waals surface area contributed by atoms with Gasteiger partial charge >= 0.3 is 6.03 Å². The molecule has 3 aromatic carbocycles. The summed E-state index contributed by atoms with van der Waals surface area (Å²) in [7, 11) is 0. The van der Waals surface area contributed by atoms with E-state index in [-0.39, 0.29) is 24.0 Å². The molecule has 0 saturated carbocycles. The first-order valence-electron chi connectivity index (χ1n) is 10.8. The van der Waals surface area contributed by atoms with E-state index in [1.165, 1.54) is 11.6 Å². The minimum Gasteiger partial charge on any atom is -0.350 e. The van der Waals surface area contributed by atoms with E-state index in [0.717, 1.165) is 23.1 Å². The molecule has 0 fully saturated rings. The van der Waals surface area contributed by atoms with Crippen molar-refractivity contribution in [3.63, 3.8) is 0 Å². The Hall–Kier alpha value is -3.67. The number of carbonyl (C=O) groups is 2. The number of amides is 3. The lowest BCUT2D eigenvalue weighted by Crippen LogP contribution is -2.45. The van der Waals surface area contributed by atoms with Gasteiger partial charge in [-0.05, 0) is 59.4 Å². The molecule has 6 heteroatoms. The SMILES string of the molecule is Cc1ccc(C(=O)NCCNC(=O)N2CCc3ccc(-c4ccccc4)cc3C2)cc1F. The zero-order chi connectivity index (χ0) is 22.5. The highest BCUT2D eigenvalue weighted by Gasteiger charge is 2.21. The molecule has 0 spiro atoms. The van der Waals surface area contributed by atoms with Crippen LogP contribution in [-0.2, 0) is 13.0 Å². The van der Waals surface area contributed by atoms with Gasteiger partial charge in [0.05, 0.1) is 0 Å². The molecular formula is C26H26FN3O2. The Morgan fingerprint density at radius 1 is 0.906 bits per heavy atom. The lowest BCUT2D eigenvalue weighted by molar-refractivity contribution is 0.0953. The molecule has 0 saturated heterocycles. The molecule has 3 aromatic rings. The van der Waals surface area contributed by atoms with Crippen molar-refractivity contribution < 1.29 is 14.0 Å². The zero-order valence-electron chi connectivity index (χ0n) is 18.0. The Kier molecular flexibility index (Phi) is 6.50. The molecule has 2 N–H and O–H groups in total. The molecule has 0 bridgehead atoms.